The number of ether oxygens (including phenoxy) is 1. The second-order valence-corrected chi connectivity index (χ2v) is 8.03. The Morgan fingerprint density at radius 1 is 1.15 bits per heavy atom. The van der Waals surface area contributed by atoms with Gasteiger partial charge in [0.15, 0.2) is 0 Å². The van der Waals surface area contributed by atoms with Gasteiger partial charge < -0.3 is 14.7 Å². The van der Waals surface area contributed by atoms with E-state index in [1.54, 1.807) is 6.08 Å². The molecule has 0 bridgehead atoms. The Balaban J connectivity index is 1.52. The number of alkyl halides is 3. The van der Waals surface area contributed by atoms with E-state index < -0.39 is 11.7 Å². The molecule has 0 aliphatic carbocycles. The maximum atomic E-state index is 12.7. The van der Waals surface area contributed by atoms with Gasteiger partial charge in [0.25, 0.3) is 0 Å². The van der Waals surface area contributed by atoms with Crippen molar-refractivity contribution in [3.8, 4) is 17.0 Å². The molecule has 1 aliphatic rings. The zero-order chi connectivity index (χ0) is 23.4. The van der Waals surface area contributed by atoms with Crippen LogP contribution in [0.25, 0.3) is 17.2 Å². The van der Waals surface area contributed by atoms with E-state index in [1.165, 1.54) is 11.6 Å². The molecule has 1 saturated heterocycles. The first kappa shape index (κ1) is 22.9. The molecule has 2 heterocycles. The third-order valence-corrected chi connectivity index (χ3v) is 5.72. The minimum atomic E-state index is -4.42. The van der Waals surface area contributed by atoms with E-state index >= 15 is 0 Å². The third kappa shape index (κ3) is 5.37. The van der Waals surface area contributed by atoms with Gasteiger partial charge in [-0.2, -0.15) is 13.2 Å². The quantitative estimate of drug-likeness (QED) is 0.516. The highest BCUT2D eigenvalue weighted by Crippen LogP contribution is 2.33. The van der Waals surface area contributed by atoms with Gasteiger partial charge in [-0.25, -0.2) is 4.98 Å². The summed E-state index contributed by atoms with van der Waals surface area (Å²) in [5, 5.41) is 9.29. The lowest BCUT2D eigenvalue weighted by Gasteiger charge is -2.22. The van der Waals surface area contributed by atoms with Crippen molar-refractivity contribution in [1.29, 1.82) is 0 Å². The van der Waals surface area contributed by atoms with Crippen molar-refractivity contribution >= 4 is 11.8 Å². The van der Waals surface area contributed by atoms with Crippen LogP contribution in [0.5, 0.6) is 5.88 Å². The second-order valence-electron chi connectivity index (χ2n) is 8.03. The van der Waals surface area contributed by atoms with E-state index in [-0.39, 0.29) is 18.6 Å². The second kappa shape index (κ2) is 9.67. The highest BCUT2D eigenvalue weighted by Gasteiger charge is 2.31. The van der Waals surface area contributed by atoms with Gasteiger partial charge in [0, 0.05) is 30.9 Å². The van der Waals surface area contributed by atoms with Crippen LogP contribution in [0.4, 0.5) is 18.9 Å². The summed E-state index contributed by atoms with van der Waals surface area (Å²) in [4.78, 5) is 6.01. The summed E-state index contributed by atoms with van der Waals surface area (Å²) in [5.41, 5.74) is 4.63. The van der Waals surface area contributed by atoms with Gasteiger partial charge in [-0.15, -0.1) is 0 Å². The number of aliphatic hydroxyl groups is 1. The Kier molecular flexibility index (Phi) is 6.70. The van der Waals surface area contributed by atoms with E-state index in [9.17, 15) is 18.3 Å². The molecule has 0 spiro atoms. The topological polar surface area (TPSA) is 45.6 Å². The van der Waals surface area contributed by atoms with Gasteiger partial charge in [-0.05, 0) is 47.4 Å². The predicted molar refractivity (Wildman–Crippen MR) is 123 cm³/mol. The molecule has 33 heavy (non-hydrogen) atoms. The number of hydrogen-bond acceptors (Lipinski definition) is 4. The lowest BCUT2D eigenvalue weighted by Crippen LogP contribution is -2.25. The van der Waals surface area contributed by atoms with Crippen LogP contribution in [0.3, 0.4) is 0 Å². The van der Waals surface area contributed by atoms with Gasteiger partial charge in [0.05, 0.1) is 18.7 Å². The van der Waals surface area contributed by atoms with Crippen molar-refractivity contribution in [2.75, 3.05) is 24.6 Å². The van der Waals surface area contributed by atoms with Crippen LogP contribution in [0, 0.1) is 6.92 Å². The van der Waals surface area contributed by atoms with Crippen molar-refractivity contribution in [3.63, 3.8) is 0 Å². The summed E-state index contributed by atoms with van der Waals surface area (Å²) in [5.74, 6) is 0.185. The summed E-state index contributed by atoms with van der Waals surface area (Å²) >= 11 is 0. The summed E-state index contributed by atoms with van der Waals surface area (Å²) in [7, 11) is 0. The first-order valence-corrected chi connectivity index (χ1v) is 10.8. The van der Waals surface area contributed by atoms with E-state index in [0.717, 1.165) is 47.6 Å². The molecule has 172 valence electrons. The Hall–Kier alpha value is -3.32. The molecule has 0 amide bonds. The van der Waals surface area contributed by atoms with Crippen molar-refractivity contribution in [2.24, 2.45) is 0 Å². The first-order chi connectivity index (χ1) is 15.8. The van der Waals surface area contributed by atoms with Gasteiger partial charge >= 0.3 is 6.18 Å². The predicted octanol–water partition coefficient (Wildman–Crippen LogP) is 5.74. The van der Waals surface area contributed by atoms with Crippen LogP contribution in [-0.4, -0.2) is 35.9 Å². The van der Waals surface area contributed by atoms with Crippen LogP contribution in [-0.2, 0) is 6.18 Å². The standard InChI is InChI=1S/C26H25F3N2O2/c1-18-5-2-3-7-23(18)19-8-10-24(20(15-19)6-4-14-32)31-13-12-22(17-31)33-25-11-9-21(16-30-25)26(27,28)29/h2-11,15-16,22,32H,12-14,17H2,1H3. The average molecular weight is 454 g/mol. The molecule has 1 unspecified atom stereocenters. The zero-order valence-electron chi connectivity index (χ0n) is 18.2. The summed E-state index contributed by atoms with van der Waals surface area (Å²) in [6, 6.07) is 16.7. The molecule has 2 aromatic carbocycles. The van der Waals surface area contributed by atoms with Crippen molar-refractivity contribution in [3.05, 3.63) is 83.6 Å². The van der Waals surface area contributed by atoms with Crippen LogP contribution in [0.1, 0.15) is 23.1 Å². The number of halogens is 3. The molecular formula is C26H25F3N2O2. The fraction of sp³-hybridized carbons (Fsp3) is 0.269. The zero-order valence-corrected chi connectivity index (χ0v) is 18.2. The smallest absolute Gasteiger partial charge is 0.417 e. The van der Waals surface area contributed by atoms with Gasteiger partial charge in [-0.1, -0.05) is 42.5 Å². The molecule has 3 aromatic rings. The molecular weight excluding hydrogens is 429 g/mol. The fourth-order valence-corrected chi connectivity index (χ4v) is 4.05. The molecule has 1 aliphatic heterocycles. The Labute approximate surface area is 191 Å². The highest BCUT2D eigenvalue weighted by molar-refractivity contribution is 5.77. The van der Waals surface area contributed by atoms with E-state index in [4.69, 9.17) is 4.74 Å². The SMILES string of the molecule is Cc1ccccc1-c1ccc(N2CCC(Oc3ccc(C(F)(F)F)cn3)C2)c(C=CCO)c1. The number of nitrogens with zero attached hydrogens (tertiary/aromatic N) is 2. The number of aliphatic hydroxyl groups excluding tert-OH is 1. The molecule has 4 nitrogen and oxygen atoms in total. The fourth-order valence-electron chi connectivity index (χ4n) is 4.05. The normalized spacial score (nSPS) is 16.5. The molecule has 1 aromatic heterocycles. The Morgan fingerprint density at radius 2 is 1.97 bits per heavy atom. The van der Waals surface area contributed by atoms with Gasteiger partial charge in [0.1, 0.15) is 6.10 Å². The molecule has 4 rings (SSSR count). The van der Waals surface area contributed by atoms with Gasteiger partial charge in [0.2, 0.25) is 5.88 Å². The molecule has 1 N–H and O–H groups in total. The molecule has 1 fully saturated rings. The molecule has 0 radical (unpaired) electrons. The molecule has 0 saturated carbocycles. The summed E-state index contributed by atoms with van der Waals surface area (Å²) < 4.78 is 44.1. The number of aryl methyl sites for hydroxylation is 1. The Bertz CT molecular complexity index is 1130. The number of pyridine rings is 1. The minimum Gasteiger partial charge on any atom is -0.472 e. The molecule has 1 atom stereocenters. The minimum absolute atomic E-state index is 0.0562. The van der Waals surface area contributed by atoms with Crippen LogP contribution < -0.4 is 9.64 Å². The number of aromatic nitrogens is 1. The highest BCUT2D eigenvalue weighted by atomic mass is 19.4. The number of rotatable bonds is 6. The maximum Gasteiger partial charge on any atom is 0.417 e. The average Bonchev–Trinajstić information content (AvgIpc) is 3.26. The maximum absolute atomic E-state index is 12.7. The monoisotopic (exact) mass is 454 g/mol. The lowest BCUT2D eigenvalue weighted by molar-refractivity contribution is -0.137. The van der Waals surface area contributed by atoms with E-state index in [0.29, 0.717) is 6.54 Å². The number of benzene rings is 2. The van der Waals surface area contributed by atoms with Crippen LogP contribution in [0.2, 0.25) is 0 Å². The van der Waals surface area contributed by atoms with Crippen molar-refractivity contribution < 1.29 is 23.0 Å². The third-order valence-electron chi connectivity index (χ3n) is 5.72. The Morgan fingerprint density at radius 3 is 2.67 bits per heavy atom. The largest absolute Gasteiger partial charge is 0.472 e. The van der Waals surface area contributed by atoms with Crippen LogP contribution >= 0.6 is 0 Å². The first-order valence-electron chi connectivity index (χ1n) is 10.8. The molecule has 7 heteroatoms. The van der Waals surface area contributed by atoms with Crippen LogP contribution in [0.15, 0.2) is 66.9 Å². The lowest BCUT2D eigenvalue weighted by atomic mass is 9.97. The van der Waals surface area contributed by atoms with Crippen molar-refractivity contribution in [1.82, 2.24) is 4.98 Å². The summed E-state index contributed by atoms with van der Waals surface area (Å²) in [6.07, 6.45) is 0.535. The number of anilines is 1. The van der Waals surface area contributed by atoms with Crippen molar-refractivity contribution in [2.45, 2.75) is 25.6 Å². The van der Waals surface area contributed by atoms with E-state index in [1.807, 2.05) is 18.2 Å². The van der Waals surface area contributed by atoms with Gasteiger partial charge in [-0.3, -0.25) is 0 Å². The van der Waals surface area contributed by atoms with E-state index in [2.05, 4.69) is 47.1 Å². The number of hydrogen-bond donors (Lipinski definition) is 1. The summed E-state index contributed by atoms with van der Waals surface area (Å²) in [6.45, 7) is 3.35.